The molecule has 17 heavy (non-hydrogen) atoms. The normalized spacial score (nSPS) is 36.0. The van der Waals surface area contributed by atoms with Crippen molar-refractivity contribution in [1.82, 2.24) is 5.32 Å². The van der Waals surface area contributed by atoms with Crippen molar-refractivity contribution in [2.24, 2.45) is 17.3 Å². The molecule has 0 amide bonds. The van der Waals surface area contributed by atoms with Crippen LogP contribution in [0.4, 0.5) is 0 Å². The van der Waals surface area contributed by atoms with Crippen LogP contribution in [0.1, 0.15) is 53.4 Å². The second kappa shape index (κ2) is 4.89. The molecule has 100 valence electrons. The van der Waals surface area contributed by atoms with Gasteiger partial charge in [0.2, 0.25) is 0 Å². The van der Waals surface area contributed by atoms with E-state index in [0.29, 0.717) is 5.41 Å². The standard InChI is InChI=1S/C15H29NO/c1-5-16-11-15(6-7-17-14(2,3)4)9-12-8-13(12)10-15/h12-13,16H,5-11H2,1-4H3. The molecule has 2 aliphatic carbocycles. The smallest absolute Gasteiger partial charge is 0.0598 e. The highest BCUT2D eigenvalue weighted by molar-refractivity contribution is 5.04. The van der Waals surface area contributed by atoms with E-state index in [1.54, 1.807) is 0 Å². The predicted octanol–water partition coefficient (Wildman–Crippen LogP) is 3.22. The second-order valence-electron chi connectivity index (χ2n) is 7.16. The lowest BCUT2D eigenvalue weighted by Crippen LogP contribution is -2.35. The fourth-order valence-corrected chi connectivity index (χ4v) is 3.41. The van der Waals surface area contributed by atoms with E-state index in [4.69, 9.17) is 4.74 Å². The van der Waals surface area contributed by atoms with Crippen LogP contribution in [0.5, 0.6) is 0 Å². The number of fused-ring (bicyclic) bond motifs is 1. The van der Waals surface area contributed by atoms with Crippen LogP contribution in [0.3, 0.4) is 0 Å². The minimum atomic E-state index is 0.0148. The summed E-state index contributed by atoms with van der Waals surface area (Å²) in [4.78, 5) is 0. The molecule has 2 saturated carbocycles. The summed E-state index contributed by atoms with van der Waals surface area (Å²) in [5, 5.41) is 3.56. The summed E-state index contributed by atoms with van der Waals surface area (Å²) in [6, 6.07) is 0. The van der Waals surface area contributed by atoms with E-state index in [0.717, 1.165) is 25.0 Å². The minimum Gasteiger partial charge on any atom is -0.376 e. The molecule has 0 aliphatic heterocycles. The number of hydrogen-bond acceptors (Lipinski definition) is 2. The van der Waals surface area contributed by atoms with E-state index in [-0.39, 0.29) is 5.60 Å². The maximum Gasteiger partial charge on any atom is 0.0598 e. The van der Waals surface area contributed by atoms with Gasteiger partial charge < -0.3 is 10.1 Å². The third kappa shape index (κ3) is 3.69. The van der Waals surface area contributed by atoms with Crippen molar-refractivity contribution in [3.63, 3.8) is 0 Å². The van der Waals surface area contributed by atoms with Crippen molar-refractivity contribution < 1.29 is 4.74 Å². The molecular formula is C15H29NO. The lowest BCUT2D eigenvalue weighted by molar-refractivity contribution is -0.0196. The summed E-state index contributed by atoms with van der Waals surface area (Å²) in [6.07, 6.45) is 5.63. The van der Waals surface area contributed by atoms with Crippen LogP contribution in [-0.4, -0.2) is 25.3 Å². The molecule has 0 bridgehead atoms. The SMILES string of the molecule is CCNCC1(CCOC(C)(C)C)CC2CC2C1. The van der Waals surface area contributed by atoms with Crippen LogP contribution in [-0.2, 0) is 4.74 Å². The molecule has 2 aliphatic rings. The highest BCUT2D eigenvalue weighted by Gasteiger charge is 2.53. The predicted molar refractivity (Wildman–Crippen MR) is 72.1 cm³/mol. The molecule has 1 N–H and O–H groups in total. The van der Waals surface area contributed by atoms with Crippen molar-refractivity contribution in [3.8, 4) is 0 Å². The number of hydrogen-bond donors (Lipinski definition) is 1. The average molecular weight is 239 g/mol. The van der Waals surface area contributed by atoms with Crippen LogP contribution in [0.25, 0.3) is 0 Å². The van der Waals surface area contributed by atoms with Gasteiger partial charge in [0.25, 0.3) is 0 Å². The first-order chi connectivity index (χ1) is 7.94. The zero-order valence-corrected chi connectivity index (χ0v) is 12.0. The van der Waals surface area contributed by atoms with Crippen molar-refractivity contribution in [2.75, 3.05) is 19.7 Å². The van der Waals surface area contributed by atoms with Crippen molar-refractivity contribution in [2.45, 2.75) is 59.0 Å². The molecule has 0 aromatic heterocycles. The highest BCUT2D eigenvalue weighted by Crippen LogP contribution is 2.60. The molecule has 0 radical (unpaired) electrons. The largest absolute Gasteiger partial charge is 0.376 e. The zero-order valence-electron chi connectivity index (χ0n) is 12.0. The second-order valence-corrected chi connectivity index (χ2v) is 7.16. The van der Waals surface area contributed by atoms with E-state index in [1.165, 1.54) is 32.2 Å². The van der Waals surface area contributed by atoms with E-state index < -0.39 is 0 Å². The lowest BCUT2D eigenvalue weighted by Gasteiger charge is -2.32. The minimum absolute atomic E-state index is 0.0148. The van der Waals surface area contributed by atoms with Crippen LogP contribution in [0.2, 0.25) is 0 Å². The summed E-state index contributed by atoms with van der Waals surface area (Å²) < 4.78 is 5.92. The van der Waals surface area contributed by atoms with Gasteiger partial charge in [-0.05, 0) is 70.3 Å². The van der Waals surface area contributed by atoms with Crippen molar-refractivity contribution in [3.05, 3.63) is 0 Å². The molecule has 2 nitrogen and oxygen atoms in total. The summed E-state index contributed by atoms with van der Waals surface area (Å²) in [5.41, 5.74) is 0.565. The highest BCUT2D eigenvalue weighted by atomic mass is 16.5. The van der Waals surface area contributed by atoms with Gasteiger partial charge in [-0.25, -0.2) is 0 Å². The first-order valence-corrected chi connectivity index (χ1v) is 7.29. The maximum absolute atomic E-state index is 5.92. The molecule has 2 rings (SSSR count). The molecule has 0 aromatic rings. The van der Waals surface area contributed by atoms with Crippen LogP contribution in [0.15, 0.2) is 0 Å². The Kier molecular flexibility index (Phi) is 3.84. The van der Waals surface area contributed by atoms with Crippen LogP contribution >= 0.6 is 0 Å². The van der Waals surface area contributed by atoms with Gasteiger partial charge in [-0.3, -0.25) is 0 Å². The maximum atomic E-state index is 5.92. The van der Waals surface area contributed by atoms with Gasteiger partial charge in [-0.2, -0.15) is 0 Å². The Hall–Kier alpha value is -0.0800. The monoisotopic (exact) mass is 239 g/mol. The Labute approximate surface area is 107 Å². The molecular weight excluding hydrogens is 210 g/mol. The van der Waals surface area contributed by atoms with Gasteiger partial charge in [0, 0.05) is 13.2 Å². The fraction of sp³-hybridized carbons (Fsp3) is 1.00. The van der Waals surface area contributed by atoms with Crippen molar-refractivity contribution in [1.29, 1.82) is 0 Å². The molecule has 0 saturated heterocycles. The third-order valence-corrected chi connectivity index (χ3v) is 4.38. The first-order valence-electron chi connectivity index (χ1n) is 7.29. The zero-order chi connectivity index (χ0) is 12.5. The Morgan fingerprint density at radius 2 is 1.88 bits per heavy atom. The van der Waals surface area contributed by atoms with Gasteiger partial charge in [0.15, 0.2) is 0 Å². The molecule has 2 fully saturated rings. The van der Waals surface area contributed by atoms with Gasteiger partial charge in [-0.15, -0.1) is 0 Å². The Morgan fingerprint density at radius 3 is 2.41 bits per heavy atom. The van der Waals surface area contributed by atoms with E-state index in [2.05, 4.69) is 33.0 Å². The number of ether oxygens (including phenoxy) is 1. The van der Waals surface area contributed by atoms with E-state index in [1.807, 2.05) is 0 Å². The Bertz CT molecular complexity index is 246. The Balaban J connectivity index is 1.79. The number of nitrogens with one attached hydrogen (secondary N) is 1. The fourth-order valence-electron chi connectivity index (χ4n) is 3.41. The molecule has 2 heteroatoms. The first kappa shape index (κ1) is 13.4. The number of rotatable bonds is 6. The van der Waals surface area contributed by atoms with Gasteiger partial charge in [0.05, 0.1) is 5.60 Å². The molecule has 0 spiro atoms. The Morgan fingerprint density at radius 1 is 1.24 bits per heavy atom. The summed E-state index contributed by atoms with van der Waals surface area (Å²) in [6.45, 7) is 11.9. The van der Waals surface area contributed by atoms with Gasteiger partial charge >= 0.3 is 0 Å². The van der Waals surface area contributed by atoms with E-state index in [9.17, 15) is 0 Å². The molecule has 0 aromatic carbocycles. The summed E-state index contributed by atoms with van der Waals surface area (Å²) in [7, 11) is 0. The lowest BCUT2D eigenvalue weighted by atomic mass is 9.80. The van der Waals surface area contributed by atoms with Crippen LogP contribution in [0, 0.1) is 17.3 Å². The third-order valence-electron chi connectivity index (χ3n) is 4.38. The van der Waals surface area contributed by atoms with Crippen molar-refractivity contribution >= 4 is 0 Å². The summed E-state index contributed by atoms with van der Waals surface area (Å²) >= 11 is 0. The van der Waals surface area contributed by atoms with E-state index >= 15 is 0 Å². The van der Waals surface area contributed by atoms with Gasteiger partial charge in [0.1, 0.15) is 0 Å². The average Bonchev–Trinajstić information content (AvgIpc) is 2.83. The topological polar surface area (TPSA) is 21.3 Å². The molecule has 2 unspecified atom stereocenters. The van der Waals surface area contributed by atoms with Gasteiger partial charge in [-0.1, -0.05) is 6.92 Å². The summed E-state index contributed by atoms with van der Waals surface area (Å²) in [5.74, 6) is 2.12. The van der Waals surface area contributed by atoms with Crippen LogP contribution < -0.4 is 5.32 Å². The molecule has 0 heterocycles. The molecule has 2 atom stereocenters. The quantitative estimate of drug-likeness (QED) is 0.768.